The lowest BCUT2D eigenvalue weighted by molar-refractivity contribution is 0.0325. The Hall–Kier alpha value is -0.0600. The molecule has 0 saturated heterocycles. The third kappa shape index (κ3) is 2.97. The quantitative estimate of drug-likeness (QED) is 0.571. The molecule has 0 aliphatic heterocycles. The minimum atomic E-state index is -3.88. The van der Waals surface area contributed by atoms with Gasteiger partial charge in [-0.15, -0.1) is 0 Å². The molecule has 0 spiro atoms. The first-order chi connectivity index (χ1) is 6.33. The topological polar surface area (TPSA) is 0 Å². The van der Waals surface area contributed by atoms with Gasteiger partial charge in [-0.25, -0.2) is 0 Å². The molecular weight excluding hydrogens is 256 g/mol. The molecule has 1 rings (SSSR count). The van der Waals surface area contributed by atoms with Crippen molar-refractivity contribution in [1.29, 1.82) is 0 Å². The van der Waals surface area contributed by atoms with Crippen molar-refractivity contribution in [3.63, 3.8) is 0 Å². The zero-order valence-corrected chi connectivity index (χ0v) is 9.01. The van der Waals surface area contributed by atoms with Crippen molar-refractivity contribution in [1.82, 2.24) is 0 Å². The number of benzene rings is 1. The minimum Gasteiger partial charge on any atom is -0.200 e. The van der Waals surface area contributed by atoms with Crippen LogP contribution < -0.4 is 0 Å². The van der Waals surface area contributed by atoms with Crippen LogP contribution in [0.5, 0.6) is 0 Å². The lowest BCUT2D eigenvalue weighted by atomic mass is 10.4. The summed E-state index contributed by atoms with van der Waals surface area (Å²) in [6, 6.07) is 7.60. The van der Waals surface area contributed by atoms with Crippen LogP contribution in [0, 0.1) is 0 Å². The lowest BCUT2D eigenvalue weighted by Gasteiger charge is -2.21. The molecule has 0 N–H and O–H groups in total. The lowest BCUT2D eigenvalue weighted by Crippen LogP contribution is -2.30. The Morgan fingerprint density at radius 3 is 1.93 bits per heavy atom. The standard InChI is InChI=1S/C8H5Cl2F3S/c9-7(10,11)8(12,13)14-6-4-2-1-3-5-6/h1-5H. The largest absolute Gasteiger partial charge is 0.359 e. The van der Waals surface area contributed by atoms with E-state index in [0.717, 1.165) is 0 Å². The monoisotopic (exact) mass is 260 g/mol. The number of hydrogen-bond donors (Lipinski definition) is 0. The summed E-state index contributed by atoms with van der Waals surface area (Å²) in [6.45, 7) is 0. The summed E-state index contributed by atoms with van der Waals surface area (Å²) in [4.78, 5) is 0.195. The molecule has 0 aliphatic rings. The van der Waals surface area contributed by atoms with E-state index in [2.05, 4.69) is 0 Å². The Morgan fingerprint density at radius 2 is 1.50 bits per heavy atom. The van der Waals surface area contributed by atoms with Crippen LogP contribution >= 0.6 is 35.0 Å². The Bertz CT molecular complexity index is 297. The summed E-state index contributed by atoms with van der Waals surface area (Å²) in [5.74, 6) is 0. The predicted octanol–water partition coefficient (Wildman–Crippen LogP) is 4.47. The van der Waals surface area contributed by atoms with Gasteiger partial charge in [0, 0.05) is 4.90 Å². The molecule has 14 heavy (non-hydrogen) atoms. The van der Waals surface area contributed by atoms with Gasteiger partial charge in [0.25, 0.3) is 0 Å². The summed E-state index contributed by atoms with van der Waals surface area (Å²) >= 11 is 9.39. The van der Waals surface area contributed by atoms with Crippen molar-refractivity contribution in [2.75, 3.05) is 0 Å². The maximum absolute atomic E-state index is 12.9. The van der Waals surface area contributed by atoms with E-state index in [1.165, 1.54) is 12.1 Å². The van der Waals surface area contributed by atoms with E-state index in [4.69, 9.17) is 23.2 Å². The Kier molecular flexibility index (Phi) is 3.61. The molecule has 0 heterocycles. The van der Waals surface area contributed by atoms with Crippen LogP contribution in [0.2, 0.25) is 0 Å². The Labute approximate surface area is 93.4 Å². The first-order valence-corrected chi connectivity index (χ1v) is 5.09. The molecule has 78 valence electrons. The van der Waals surface area contributed by atoms with E-state index in [1.54, 1.807) is 18.2 Å². The average molecular weight is 261 g/mol. The van der Waals surface area contributed by atoms with Crippen LogP contribution in [-0.4, -0.2) is 9.84 Å². The smallest absolute Gasteiger partial charge is 0.200 e. The highest BCUT2D eigenvalue weighted by Gasteiger charge is 2.53. The summed E-state index contributed by atoms with van der Waals surface area (Å²) in [5, 5.41) is -3.88. The third-order valence-corrected chi connectivity index (χ3v) is 3.06. The van der Waals surface area contributed by atoms with Crippen molar-refractivity contribution >= 4 is 35.0 Å². The van der Waals surface area contributed by atoms with Gasteiger partial charge >= 0.3 is 9.84 Å². The Balaban J connectivity index is 2.79. The Morgan fingerprint density at radius 1 is 1.00 bits per heavy atom. The molecule has 1 aromatic rings. The van der Waals surface area contributed by atoms with Crippen molar-refractivity contribution in [2.24, 2.45) is 0 Å². The van der Waals surface area contributed by atoms with Gasteiger partial charge in [0.15, 0.2) is 0 Å². The number of halogens is 5. The number of rotatable bonds is 3. The van der Waals surface area contributed by atoms with E-state index < -0.39 is 9.84 Å². The second-order valence-electron chi connectivity index (χ2n) is 2.43. The average Bonchev–Trinajstić information content (AvgIpc) is 2.03. The van der Waals surface area contributed by atoms with Crippen LogP contribution in [0.3, 0.4) is 0 Å². The van der Waals surface area contributed by atoms with Gasteiger partial charge in [-0.2, -0.15) is 13.2 Å². The highest BCUT2D eigenvalue weighted by Crippen LogP contribution is 2.50. The molecule has 0 amide bonds. The van der Waals surface area contributed by atoms with Gasteiger partial charge in [0.1, 0.15) is 0 Å². The molecule has 0 aromatic heterocycles. The predicted molar refractivity (Wildman–Crippen MR) is 52.8 cm³/mol. The van der Waals surface area contributed by atoms with Crippen LogP contribution in [0.25, 0.3) is 0 Å². The van der Waals surface area contributed by atoms with E-state index in [0.29, 0.717) is 0 Å². The van der Waals surface area contributed by atoms with Gasteiger partial charge in [0.05, 0.1) is 0 Å². The highest BCUT2D eigenvalue weighted by molar-refractivity contribution is 8.00. The molecule has 0 radical (unpaired) electrons. The first kappa shape index (κ1) is 12.0. The SMILES string of the molecule is FC(Cl)(Cl)C(F)(F)Sc1ccccc1. The third-order valence-electron chi connectivity index (χ3n) is 1.32. The van der Waals surface area contributed by atoms with Crippen molar-refractivity contribution in [3.8, 4) is 0 Å². The molecule has 0 fully saturated rings. The summed E-state index contributed by atoms with van der Waals surface area (Å²) in [6.07, 6.45) is 0. The number of thioether (sulfide) groups is 1. The molecule has 0 aliphatic carbocycles. The fourth-order valence-electron chi connectivity index (χ4n) is 0.694. The van der Waals surface area contributed by atoms with Crippen LogP contribution in [0.15, 0.2) is 35.2 Å². The van der Waals surface area contributed by atoms with Gasteiger partial charge < -0.3 is 0 Å². The molecule has 0 unspecified atom stereocenters. The zero-order chi connectivity index (χ0) is 10.8. The van der Waals surface area contributed by atoms with E-state index in [-0.39, 0.29) is 16.7 Å². The van der Waals surface area contributed by atoms with Gasteiger partial charge in [0.2, 0.25) is 0 Å². The number of hydrogen-bond acceptors (Lipinski definition) is 1. The molecule has 6 heteroatoms. The highest BCUT2D eigenvalue weighted by atomic mass is 35.5. The van der Waals surface area contributed by atoms with Gasteiger partial charge in [-0.3, -0.25) is 0 Å². The molecule has 1 aromatic carbocycles. The summed E-state index contributed by atoms with van der Waals surface area (Å²) < 4.78 is 34.9. The van der Waals surface area contributed by atoms with E-state index in [9.17, 15) is 13.2 Å². The van der Waals surface area contributed by atoms with Crippen molar-refractivity contribution in [2.45, 2.75) is 14.7 Å². The van der Waals surface area contributed by atoms with Crippen LogP contribution in [0.4, 0.5) is 13.2 Å². The summed E-state index contributed by atoms with van der Waals surface area (Å²) in [5.41, 5.74) is 0. The zero-order valence-electron chi connectivity index (χ0n) is 6.68. The second-order valence-corrected chi connectivity index (χ2v) is 4.85. The fraction of sp³-hybridized carbons (Fsp3) is 0.250. The van der Waals surface area contributed by atoms with Gasteiger partial charge in [-0.1, -0.05) is 41.4 Å². The van der Waals surface area contributed by atoms with Crippen molar-refractivity contribution < 1.29 is 13.2 Å². The van der Waals surface area contributed by atoms with Crippen molar-refractivity contribution in [3.05, 3.63) is 30.3 Å². The fourth-order valence-corrected chi connectivity index (χ4v) is 1.63. The minimum absolute atomic E-state index is 0.0194. The van der Waals surface area contributed by atoms with E-state index in [1.807, 2.05) is 0 Å². The maximum atomic E-state index is 12.9. The molecular formula is C8H5Cl2F3S. The maximum Gasteiger partial charge on any atom is 0.359 e. The first-order valence-electron chi connectivity index (χ1n) is 3.51. The number of alkyl halides is 5. The van der Waals surface area contributed by atoms with Crippen LogP contribution in [-0.2, 0) is 0 Å². The second kappa shape index (κ2) is 4.21. The normalized spacial score (nSPS) is 12.9. The molecule has 0 nitrogen and oxygen atoms in total. The van der Waals surface area contributed by atoms with E-state index >= 15 is 0 Å². The van der Waals surface area contributed by atoms with Crippen LogP contribution in [0.1, 0.15) is 0 Å². The molecule has 0 saturated carbocycles. The molecule has 0 bridgehead atoms. The van der Waals surface area contributed by atoms with Gasteiger partial charge in [-0.05, 0) is 23.9 Å². The summed E-state index contributed by atoms with van der Waals surface area (Å²) in [7, 11) is 0. The molecule has 0 atom stereocenters.